The van der Waals surface area contributed by atoms with E-state index in [-0.39, 0.29) is 17.9 Å². The van der Waals surface area contributed by atoms with Crippen molar-refractivity contribution in [3.05, 3.63) is 24.3 Å². The minimum absolute atomic E-state index is 0.127. The summed E-state index contributed by atoms with van der Waals surface area (Å²) in [4.78, 5) is 11.6. The molecule has 0 unspecified atom stereocenters. The van der Waals surface area contributed by atoms with Gasteiger partial charge in [-0.05, 0) is 38.8 Å². The molecule has 0 bridgehead atoms. The average molecular weight is 219 g/mol. The van der Waals surface area contributed by atoms with Crippen molar-refractivity contribution in [2.24, 2.45) is 5.92 Å². The number of ether oxygens (including phenoxy) is 1. The zero-order valence-electron chi connectivity index (χ0n) is 9.69. The van der Waals surface area contributed by atoms with Crippen LogP contribution in [0.1, 0.15) is 26.7 Å². The Labute approximate surface area is 95.8 Å². The topological polar surface area (TPSA) is 38.3 Å². The van der Waals surface area contributed by atoms with E-state index in [0.29, 0.717) is 0 Å². The summed E-state index contributed by atoms with van der Waals surface area (Å²) in [5.41, 5.74) is 0.815. The maximum absolute atomic E-state index is 11.6. The molecule has 1 saturated carbocycles. The molecule has 0 heterocycles. The minimum Gasteiger partial charge on any atom is -0.491 e. The Kier molecular flexibility index (Phi) is 3.13. The lowest BCUT2D eigenvalue weighted by atomic mass is 10.3. The van der Waals surface area contributed by atoms with E-state index < -0.39 is 0 Å². The second-order valence-electron chi connectivity index (χ2n) is 4.46. The molecule has 1 N–H and O–H groups in total. The van der Waals surface area contributed by atoms with E-state index in [2.05, 4.69) is 5.32 Å². The quantitative estimate of drug-likeness (QED) is 0.845. The lowest BCUT2D eigenvalue weighted by molar-refractivity contribution is -0.117. The van der Waals surface area contributed by atoms with Gasteiger partial charge in [-0.25, -0.2) is 0 Å². The maximum Gasteiger partial charge on any atom is 0.227 e. The molecule has 0 saturated heterocycles. The zero-order chi connectivity index (χ0) is 11.5. The molecule has 1 amide bonds. The van der Waals surface area contributed by atoms with Crippen molar-refractivity contribution in [1.29, 1.82) is 0 Å². The van der Waals surface area contributed by atoms with Crippen molar-refractivity contribution in [3.8, 4) is 5.75 Å². The summed E-state index contributed by atoms with van der Waals surface area (Å²) in [5.74, 6) is 1.15. The van der Waals surface area contributed by atoms with E-state index in [1.54, 1.807) is 0 Å². The van der Waals surface area contributed by atoms with Crippen molar-refractivity contribution in [3.63, 3.8) is 0 Å². The summed E-state index contributed by atoms with van der Waals surface area (Å²) >= 11 is 0. The van der Waals surface area contributed by atoms with Gasteiger partial charge in [0, 0.05) is 17.7 Å². The van der Waals surface area contributed by atoms with Crippen LogP contribution in [0, 0.1) is 5.92 Å². The lowest BCUT2D eigenvalue weighted by Crippen LogP contribution is -2.13. The number of hydrogen-bond donors (Lipinski definition) is 1. The van der Waals surface area contributed by atoms with Crippen LogP contribution in [0.25, 0.3) is 0 Å². The molecule has 0 aliphatic heterocycles. The van der Waals surface area contributed by atoms with Gasteiger partial charge in [0.15, 0.2) is 0 Å². The number of hydrogen-bond acceptors (Lipinski definition) is 2. The average Bonchev–Trinajstić information content (AvgIpc) is 2.99. The van der Waals surface area contributed by atoms with Crippen LogP contribution in [0.5, 0.6) is 5.75 Å². The van der Waals surface area contributed by atoms with Crippen LogP contribution < -0.4 is 10.1 Å². The molecule has 1 aromatic carbocycles. The van der Waals surface area contributed by atoms with Crippen LogP contribution in [-0.4, -0.2) is 12.0 Å². The van der Waals surface area contributed by atoms with Crippen molar-refractivity contribution in [2.45, 2.75) is 32.8 Å². The van der Waals surface area contributed by atoms with Crippen molar-refractivity contribution in [2.75, 3.05) is 5.32 Å². The van der Waals surface area contributed by atoms with Crippen LogP contribution in [0.2, 0.25) is 0 Å². The first-order valence-corrected chi connectivity index (χ1v) is 5.73. The Bertz CT molecular complexity index is 383. The molecule has 16 heavy (non-hydrogen) atoms. The Morgan fingerprint density at radius 1 is 1.44 bits per heavy atom. The summed E-state index contributed by atoms with van der Waals surface area (Å²) in [6.45, 7) is 3.96. The van der Waals surface area contributed by atoms with E-state index in [1.165, 1.54) is 0 Å². The van der Waals surface area contributed by atoms with Gasteiger partial charge in [-0.1, -0.05) is 6.07 Å². The number of rotatable bonds is 4. The molecular formula is C13H17NO2. The monoisotopic (exact) mass is 219 g/mol. The maximum atomic E-state index is 11.6. The summed E-state index contributed by atoms with van der Waals surface area (Å²) < 4.78 is 5.56. The summed E-state index contributed by atoms with van der Waals surface area (Å²) in [7, 11) is 0. The predicted molar refractivity (Wildman–Crippen MR) is 63.6 cm³/mol. The molecule has 86 valence electrons. The van der Waals surface area contributed by atoms with Gasteiger partial charge in [-0.2, -0.15) is 0 Å². The van der Waals surface area contributed by atoms with E-state index in [0.717, 1.165) is 24.3 Å². The first-order valence-electron chi connectivity index (χ1n) is 5.73. The predicted octanol–water partition coefficient (Wildman–Crippen LogP) is 2.82. The molecule has 1 aliphatic carbocycles. The number of carbonyl (C=O) groups is 1. The first-order chi connectivity index (χ1) is 7.65. The second kappa shape index (κ2) is 4.56. The third kappa shape index (κ3) is 2.99. The van der Waals surface area contributed by atoms with Gasteiger partial charge in [-0.15, -0.1) is 0 Å². The van der Waals surface area contributed by atoms with E-state index in [4.69, 9.17) is 4.74 Å². The highest BCUT2D eigenvalue weighted by molar-refractivity contribution is 5.94. The highest BCUT2D eigenvalue weighted by atomic mass is 16.5. The lowest BCUT2D eigenvalue weighted by Gasteiger charge is -2.11. The fourth-order valence-corrected chi connectivity index (χ4v) is 1.51. The molecule has 0 spiro atoms. The van der Waals surface area contributed by atoms with E-state index in [1.807, 2.05) is 38.1 Å². The van der Waals surface area contributed by atoms with Gasteiger partial charge < -0.3 is 10.1 Å². The number of carbonyl (C=O) groups excluding carboxylic acids is 1. The number of nitrogens with one attached hydrogen (secondary N) is 1. The smallest absolute Gasteiger partial charge is 0.227 e. The molecule has 3 heteroatoms. The van der Waals surface area contributed by atoms with Crippen molar-refractivity contribution >= 4 is 11.6 Å². The Morgan fingerprint density at radius 3 is 2.81 bits per heavy atom. The van der Waals surface area contributed by atoms with Crippen LogP contribution in [0.4, 0.5) is 5.69 Å². The van der Waals surface area contributed by atoms with Gasteiger partial charge in [0.1, 0.15) is 5.75 Å². The molecular weight excluding hydrogens is 202 g/mol. The summed E-state index contributed by atoms with van der Waals surface area (Å²) in [5, 5.41) is 2.90. The van der Waals surface area contributed by atoms with Gasteiger partial charge in [0.05, 0.1) is 6.10 Å². The highest BCUT2D eigenvalue weighted by Gasteiger charge is 2.29. The molecule has 0 radical (unpaired) electrons. The fraction of sp³-hybridized carbons (Fsp3) is 0.462. The summed E-state index contributed by atoms with van der Waals surface area (Å²) in [6.07, 6.45) is 2.19. The van der Waals surface area contributed by atoms with Gasteiger partial charge in [0.25, 0.3) is 0 Å². The van der Waals surface area contributed by atoms with E-state index >= 15 is 0 Å². The van der Waals surface area contributed by atoms with Crippen LogP contribution in [0.3, 0.4) is 0 Å². The van der Waals surface area contributed by atoms with Gasteiger partial charge >= 0.3 is 0 Å². The highest BCUT2D eigenvalue weighted by Crippen LogP contribution is 2.30. The van der Waals surface area contributed by atoms with Gasteiger partial charge in [0.2, 0.25) is 5.91 Å². The van der Waals surface area contributed by atoms with Crippen LogP contribution in [0.15, 0.2) is 24.3 Å². The number of amides is 1. The SMILES string of the molecule is CC(C)Oc1cccc(NC(=O)C2CC2)c1. The molecule has 1 aliphatic rings. The summed E-state index contributed by atoms with van der Waals surface area (Å²) in [6, 6.07) is 7.53. The molecule has 2 rings (SSSR count). The Balaban J connectivity index is 2.00. The minimum atomic E-state index is 0.127. The molecule has 1 aromatic rings. The van der Waals surface area contributed by atoms with Crippen LogP contribution in [-0.2, 0) is 4.79 Å². The third-order valence-corrected chi connectivity index (χ3v) is 2.42. The van der Waals surface area contributed by atoms with Gasteiger partial charge in [-0.3, -0.25) is 4.79 Å². The molecule has 0 atom stereocenters. The zero-order valence-corrected chi connectivity index (χ0v) is 9.69. The molecule has 3 nitrogen and oxygen atoms in total. The van der Waals surface area contributed by atoms with Crippen LogP contribution >= 0.6 is 0 Å². The molecule has 1 fully saturated rings. The standard InChI is InChI=1S/C13H17NO2/c1-9(2)16-12-5-3-4-11(8-12)14-13(15)10-6-7-10/h3-5,8-10H,6-7H2,1-2H3,(H,14,15). The molecule has 0 aromatic heterocycles. The normalized spacial score (nSPS) is 14.9. The van der Waals surface area contributed by atoms with Crippen molar-refractivity contribution < 1.29 is 9.53 Å². The Morgan fingerprint density at radius 2 is 2.19 bits per heavy atom. The number of benzene rings is 1. The Hall–Kier alpha value is -1.51. The fourth-order valence-electron chi connectivity index (χ4n) is 1.51. The second-order valence-corrected chi connectivity index (χ2v) is 4.46. The number of anilines is 1. The first kappa shape index (κ1) is 11.0. The van der Waals surface area contributed by atoms with E-state index in [9.17, 15) is 4.79 Å². The third-order valence-electron chi connectivity index (χ3n) is 2.42. The largest absolute Gasteiger partial charge is 0.491 e. The van der Waals surface area contributed by atoms with Crippen molar-refractivity contribution in [1.82, 2.24) is 0 Å².